The van der Waals surface area contributed by atoms with Crippen LogP contribution in [0, 0.1) is 12.8 Å². The maximum atomic E-state index is 12.5. The zero-order valence-electron chi connectivity index (χ0n) is 16.4. The summed E-state index contributed by atoms with van der Waals surface area (Å²) in [6.07, 6.45) is 0.206. The van der Waals surface area contributed by atoms with Crippen molar-refractivity contribution in [3.63, 3.8) is 0 Å². The predicted octanol–water partition coefficient (Wildman–Crippen LogP) is 2.43. The fraction of sp³-hybridized carbons (Fsp3) is 0.421. The Morgan fingerprint density at radius 1 is 1.32 bits per heavy atom. The standard InChI is InChI=1S/C19H26N6O3/c1-5-13-12(3)20-18(23-17(13)26)25-16(10-11(2)24-25)22-19(27)21-14-8-6-7-9-15(14)28-4/h6-10,12-13,18,20H,5H2,1-4H3,(H,23,26)(H2,21,22,27). The molecule has 1 aliphatic heterocycles. The second-order valence-corrected chi connectivity index (χ2v) is 6.78. The van der Waals surface area contributed by atoms with Gasteiger partial charge in [0.05, 0.1) is 24.4 Å². The number of amides is 3. The molecule has 3 amide bonds. The highest BCUT2D eigenvalue weighted by Gasteiger charge is 2.34. The molecule has 4 N–H and O–H groups in total. The third-order valence-corrected chi connectivity index (χ3v) is 4.78. The van der Waals surface area contributed by atoms with Gasteiger partial charge in [-0.15, -0.1) is 0 Å². The molecular weight excluding hydrogens is 360 g/mol. The van der Waals surface area contributed by atoms with E-state index in [0.29, 0.717) is 22.9 Å². The van der Waals surface area contributed by atoms with Crippen LogP contribution < -0.4 is 26.0 Å². The molecular formula is C19H26N6O3. The number of aromatic nitrogens is 2. The number of nitrogens with one attached hydrogen (secondary N) is 4. The first-order chi connectivity index (χ1) is 13.4. The Labute approximate surface area is 163 Å². The summed E-state index contributed by atoms with van der Waals surface area (Å²) in [4.78, 5) is 24.9. The van der Waals surface area contributed by atoms with Gasteiger partial charge in [0, 0.05) is 12.1 Å². The average Bonchev–Trinajstić information content (AvgIpc) is 3.02. The van der Waals surface area contributed by atoms with Crippen LogP contribution in [0.3, 0.4) is 0 Å². The highest BCUT2D eigenvalue weighted by molar-refractivity contribution is 6.00. The smallest absolute Gasteiger partial charge is 0.324 e. The van der Waals surface area contributed by atoms with Crippen LogP contribution in [0.1, 0.15) is 32.3 Å². The van der Waals surface area contributed by atoms with Crippen LogP contribution in [-0.4, -0.2) is 34.9 Å². The molecule has 3 unspecified atom stereocenters. The number of ether oxygens (including phenoxy) is 1. The summed E-state index contributed by atoms with van der Waals surface area (Å²) in [5, 5.41) is 16.2. The van der Waals surface area contributed by atoms with E-state index in [1.165, 1.54) is 0 Å². The number of methoxy groups -OCH3 is 1. The van der Waals surface area contributed by atoms with E-state index in [1.54, 1.807) is 36.1 Å². The number of carbonyl (C=O) groups excluding carboxylic acids is 2. The van der Waals surface area contributed by atoms with Gasteiger partial charge >= 0.3 is 6.03 Å². The normalized spacial score (nSPS) is 21.7. The number of para-hydroxylation sites is 2. The number of rotatable bonds is 5. The van der Waals surface area contributed by atoms with Gasteiger partial charge < -0.3 is 15.4 Å². The van der Waals surface area contributed by atoms with E-state index in [0.717, 1.165) is 6.42 Å². The third-order valence-electron chi connectivity index (χ3n) is 4.78. The van der Waals surface area contributed by atoms with Crippen molar-refractivity contribution in [2.24, 2.45) is 5.92 Å². The van der Waals surface area contributed by atoms with Crippen molar-refractivity contribution in [3.8, 4) is 5.75 Å². The Kier molecular flexibility index (Phi) is 5.84. The Bertz CT molecular complexity index is 865. The fourth-order valence-electron chi connectivity index (χ4n) is 3.37. The molecule has 28 heavy (non-hydrogen) atoms. The number of hydrogen-bond acceptors (Lipinski definition) is 5. The van der Waals surface area contributed by atoms with Crippen molar-refractivity contribution in [2.45, 2.75) is 39.5 Å². The van der Waals surface area contributed by atoms with Crippen molar-refractivity contribution in [1.82, 2.24) is 20.4 Å². The van der Waals surface area contributed by atoms with E-state index >= 15 is 0 Å². The molecule has 1 aromatic carbocycles. The zero-order chi connectivity index (χ0) is 20.3. The molecule has 1 fully saturated rings. The van der Waals surface area contributed by atoms with Crippen molar-refractivity contribution in [3.05, 3.63) is 36.0 Å². The lowest BCUT2D eigenvalue weighted by Gasteiger charge is -2.35. The molecule has 0 saturated carbocycles. The van der Waals surface area contributed by atoms with Gasteiger partial charge in [-0.1, -0.05) is 19.1 Å². The quantitative estimate of drug-likeness (QED) is 0.631. The summed E-state index contributed by atoms with van der Waals surface area (Å²) >= 11 is 0. The number of nitrogens with zero attached hydrogens (tertiary/aromatic N) is 2. The molecule has 0 aliphatic carbocycles. The summed E-state index contributed by atoms with van der Waals surface area (Å²) in [6, 6.07) is 8.43. The largest absolute Gasteiger partial charge is 0.495 e. The molecule has 1 aliphatic rings. The third kappa shape index (κ3) is 4.09. The molecule has 2 heterocycles. The summed E-state index contributed by atoms with van der Waals surface area (Å²) in [7, 11) is 1.54. The number of carbonyl (C=O) groups is 2. The first-order valence-electron chi connectivity index (χ1n) is 9.26. The second-order valence-electron chi connectivity index (χ2n) is 6.78. The van der Waals surface area contributed by atoms with Crippen LogP contribution in [0.15, 0.2) is 30.3 Å². The Morgan fingerprint density at radius 2 is 2.07 bits per heavy atom. The van der Waals surface area contributed by atoms with Gasteiger partial charge in [-0.2, -0.15) is 5.10 Å². The van der Waals surface area contributed by atoms with Crippen molar-refractivity contribution < 1.29 is 14.3 Å². The highest BCUT2D eigenvalue weighted by Crippen LogP contribution is 2.24. The number of benzene rings is 1. The minimum Gasteiger partial charge on any atom is -0.495 e. The molecule has 1 saturated heterocycles. The Balaban J connectivity index is 1.75. The van der Waals surface area contributed by atoms with Crippen molar-refractivity contribution >= 4 is 23.4 Å². The van der Waals surface area contributed by atoms with Crippen molar-refractivity contribution in [1.29, 1.82) is 0 Å². The van der Waals surface area contributed by atoms with E-state index in [4.69, 9.17) is 4.74 Å². The number of hydrogen-bond donors (Lipinski definition) is 4. The molecule has 0 bridgehead atoms. The molecule has 2 aromatic rings. The molecule has 3 atom stereocenters. The van der Waals surface area contributed by atoms with Gasteiger partial charge in [-0.05, 0) is 32.4 Å². The Morgan fingerprint density at radius 3 is 2.75 bits per heavy atom. The number of urea groups is 1. The fourth-order valence-corrected chi connectivity index (χ4v) is 3.37. The number of aryl methyl sites for hydroxylation is 1. The first kappa shape index (κ1) is 19.7. The lowest BCUT2D eigenvalue weighted by molar-refractivity contribution is -0.130. The van der Waals surface area contributed by atoms with Crippen LogP contribution in [0.2, 0.25) is 0 Å². The SMILES string of the molecule is CCC1C(=O)NC(n2nc(C)cc2NC(=O)Nc2ccccc2OC)NC1C. The summed E-state index contributed by atoms with van der Waals surface area (Å²) in [5.74, 6) is 0.891. The summed E-state index contributed by atoms with van der Waals surface area (Å²) in [6.45, 7) is 5.77. The van der Waals surface area contributed by atoms with Crippen LogP contribution >= 0.6 is 0 Å². The van der Waals surface area contributed by atoms with Gasteiger partial charge in [0.15, 0.2) is 6.29 Å². The van der Waals surface area contributed by atoms with Crippen LogP contribution in [0.25, 0.3) is 0 Å². The molecule has 0 spiro atoms. The minimum atomic E-state index is -0.541. The highest BCUT2D eigenvalue weighted by atomic mass is 16.5. The zero-order valence-corrected chi connectivity index (χ0v) is 16.4. The predicted molar refractivity (Wildman–Crippen MR) is 106 cm³/mol. The van der Waals surface area contributed by atoms with Gasteiger partial charge in [-0.3, -0.25) is 15.4 Å². The number of anilines is 2. The van der Waals surface area contributed by atoms with Gasteiger partial charge in [0.2, 0.25) is 5.91 Å². The van der Waals surface area contributed by atoms with E-state index in [-0.39, 0.29) is 17.9 Å². The average molecular weight is 386 g/mol. The topological polar surface area (TPSA) is 109 Å². The minimum absolute atomic E-state index is 0.0106. The van der Waals surface area contributed by atoms with Gasteiger partial charge in [0.25, 0.3) is 0 Å². The monoisotopic (exact) mass is 386 g/mol. The maximum Gasteiger partial charge on any atom is 0.324 e. The van der Waals surface area contributed by atoms with E-state index in [1.807, 2.05) is 26.8 Å². The first-order valence-corrected chi connectivity index (χ1v) is 9.26. The Hall–Kier alpha value is -3.07. The van der Waals surface area contributed by atoms with E-state index in [9.17, 15) is 9.59 Å². The van der Waals surface area contributed by atoms with Crippen LogP contribution in [0.5, 0.6) is 5.75 Å². The van der Waals surface area contributed by atoms with Crippen LogP contribution in [-0.2, 0) is 4.79 Å². The maximum absolute atomic E-state index is 12.5. The molecule has 3 rings (SSSR count). The summed E-state index contributed by atoms with van der Waals surface area (Å²) in [5.41, 5.74) is 1.27. The van der Waals surface area contributed by atoms with Crippen LogP contribution in [0.4, 0.5) is 16.3 Å². The molecule has 1 aromatic heterocycles. The van der Waals surface area contributed by atoms with E-state index < -0.39 is 12.3 Å². The molecule has 9 nitrogen and oxygen atoms in total. The van der Waals surface area contributed by atoms with Crippen molar-refractivity contribution in [2.75, 3.05) is 17.7 Å². The molecule has 150 valence electrons. The summed E-state index contributed by atoms with van der Waals surface area (Å²) < 4.78 is 6.81. The second kappa shape index (κ2) is 8.30. The lowest BCUT2D eigenvalue weighted by atomic mass is 9.95. The molecule has 9 heteroatoms. The van der Waals surface area contributed by atoms with E-state index in [2.05, 4.69) is 26.4 Å². The lowest BCUT2D eigenvalue weighted by Crippen LogP contribution is -2.57. The van der Waals surface area contributed by atoms with Gasteiger partial charge in [0.1, 0.15) is 11.6 Å². The molecule has 0 radical (unpaired) electrons. The van der Waals surface area contributed by atoms with Gasteiger partial charge in [-0.25, -0.2) is 9.48 Å².